The summed E-state index contributed by atoms with van der Waals surface area (Å²) in [6.45, 7) is 4.05. The zero-order chi connectivity index (χ0) is 18.7. The molecular formula is C20H18IN3O2. The van der Waals surface area contributed by atoms with E-state index in [0.717, 1.165) is 22.6 Å². The summed E-state index contributed by atoms with van der Waals surface area (Å²) in [4.78, 5) is 12.1. The number of rotatable bonds is 4. The Morgan fingerprint density at radius 1 is 1.15 bits per heavy atom. The third-order valence-electron chi connectivity index (χ3n) is 4.03. The lowest BCUT2D eigenvalue weighted by molar-refractivity contribution is 0.0954. The Morgan fingerprint density at radius 3 is 2.58 bits per heavy atom. The number of nitrogens with zero attached hydrogens (tertiary/aromatic N) is 2. The van der Waals surface area contributed by atoms with Gasteiger partial charge in [0.2, 0.25) is 0 Å². The fourth-order valence-corrected chi connectivity index (χ4v) is 3.14. The van der Waals surface area contributed by atoms with Crippen molar-refractivity contribution >= 4 is 34.7 Å². The predicted molar refractivity (Wildman–Crippen MR) is 111 cm³/mol. The van der Waals surface area contributed by atoms with E-state index in [2.05, 4.69) is 62.0 Å². The smallest absolute Gasteiger partial charge is 0.271 e. The van der Waals surface area contributed by atoms with E-state index in [1.54, 1.807) is 18.3 Å². The first-order valence-electron chi connectivity index (χ1n) is 8.03. The second kappa shape index (κ2) is 7.74. The summed E-state index contributed by atoms with van der Waals surface area (Å²) in [5, 5.41) is 13.5. The number of amides is 1. The van der Waals surface area contributed by atoms with Crippen molar-refractivity contribution in [2.45, 2.75) is 13.8 Å². The zero-order valence-corrected chi connectivity index (χ0v) is 16.6. The van der Waals surface area contributed by atoms with Gasteiger partial charge in [-0.15, -0.1) is 0 Å². The Morgan fingerprint density at radius 2 is 1.88 bits per heavy atom. The van der Waals surface area contributed by atoms with Crippen LogP contribution in [0.5, 0.6) is 5.75 Å². The molecule has 0 aliphatic carbocycles. The number of carbonyl (C=O) groups is 1. The summed E-state index contributed by atoms with van der Waals surface area (Å²) >= 11 is 2.28. The minimum absolute atomic E-state index is 0.0442. The van der Waals surface area contributed by atoms with E-state index in [4.69, 9.17) is 0 Å². The summed E-state index contributed by atoms with van der Waals surface area (Å²) in [7, 11) is 0. The van der Waals surface area contributed by atoms with Crippen LogP contribution in [0.1, 0.15) is 27.3 Å². The molecule has 0 aliphatic rings. The highest BCUT2D eigenvalue weighted by atomic mass is 127. The average molecular weight is 459 g/mol. The molecule has 0 atom stereocenters. The number of aromatic hydroxyl groups is 1. The summed E-state index contributed by atoms with van der Waals surface area (Å²) in [5.41, 5.74) is 6.98. The fourth-order valence-electron chi connectivity index (χ4n) is 2.78. The van der Waals surface area contributed by atoms with E-state index in [9.17, 15) is 9.90 Å². The molecular weight excluding hydrogens is 441 g/mol. The van der Waals surface area contributed by atoms with Crippen LogP contribution in [0.3, 0.4) is 0 Å². The lowest BCUT2D eigenvalue weighted by Crippen LogP contribution is -2.17. The van der Waals surface area contributed by atoms with Crippen LogP contribution in [-0.2, 0) is 0 Å². The van der Waals surface area contributed by atoms with E-state index < -0.39 is 0 Å². The Kier molecular flexibility index (Phi) is 5.41. The first-order chi connectivity index (χ1) is 12.5. The lowest BCUT2D eigenvalue weighted by atomic mass is 10.2. The Labute approximate surface area is 165 Å². The number of aryl methyl sites for hydroxylation is 1. The van der Waals surface area contributed by atoms with E-state index in [0.29, 0.717) is 5.56 Å². The first-order valence-corrected chi connectivity index (χ1v) is 9.11. The van der Waals surface area contributed by atoms with Crippen molar-refractivity contribution in [1.82, 2.24) is 9.99 Å². The van der Waals surface area contributed by atoms with Gasteiger partial charge in [-0.3, -0.25) is 4.79 Å². The SMILES string of the molecule is Cc1cc(/C=N/NC(=O)c2cccc(O)c2)c(C)n1-c1ccc(I)cc1. The quantitative estimate of drug-likeness (QED) is 0.350. The molecule has 1 heterocycles. The largest absolute Gasteiger partial charge is 0.508 e. The van der Waals surface area contributed by atoms with Gasteiger partial charge in [0.1, 0.15) is 5.75 Å². The third-order valence-corrected chi connectivity index (χ3v) is 4.75. The summed E-state index contributed by atoms with van der Waals surface area (Å²) in [6, 6.07) is 16.5. The molecule has 0 saturated heterocycles. The van der Waals surface area contributed by atoms with Crippen LogP contribution in [0.2, 0.25) is 0 Å². The number of halogens is 1. The van der Waals surface area contributed by atoms with Gasteiger partial charge in [-0.25, -0.2) is 5.43 Å². The number of nitrogens with one attached hydrogen (secondary N) is 1. The Hall–Kier alpha value is -2.61. The molecule has 6 heteroatoms. The van der Waals surface area contributed by atoms with Gasteiger partial charge in [0.25, 0.3) is 5.91 Å². The molecule has 3 aromatic rings. The van der Waals surface area contributed by atoms with E-state index in [-0.39, 0.29) is 11.7 Å². The lowest BCUT2D eigenvalue weighted by Gasteiger charge is -2.09. The molecule has 0 saturated carbocycles. The van der Waals surface area contributed by atoms with Gasteiger partial charge in [-0.2, -0.15) is 5.10 Å². The minimum Gasteiger partial charge on any atom is -0.508 e. The molecule has 0 fully saturated rings. The van der Waals surface area contributed by atoms with Crippen LogP contribution < -0.4 is 5.43 Å². The van der Waals surface area contributed by atoms with Gasteiger partial charge < -0.3 is 9.67 Å². The molecule has 2 N–H and O–H groups in total. The Bertz CT molecular complexity index is 975. The highest BCUT2D eigenvalue weighted by Gasteiger charge is 2.10. The van der Waals surface area contributed by atoms with Crippen molar-refractivity contribution in [1.29, 1.82) is 0 Å². The van der Waals surface area contributed by atoms with Gasteiger partial charge in [0, 0.05) is 31.8 Å². The monoisotopic (exact) mass is 459 g/mol. The number of hydrogen-bond acceptors (Lipinski definition) is 3. The number of aromatic nitrogens is 1. The van der Waals surface area contributed by atoms with Gasteiger partial charge in [-0.1, -0.05) is 6.07 Å². The minimum atomic E-state index is -0.372. The number of phenols is 1. The summed E-state index contributed by atoms with van der Waals surface area (Å²) < 4.78 is 3.33. The topological polar surface area (TPSA) is 66.6 Å². The molecule has 132 valence electrons. The van der Waals surface area contributed by atoms with Crippen LogP contribution in [-0.4, -0.2) is 21.8 Å². The molecule has 1 amide bonds. The second-order valence-corrected chi connectivity index (χ2v) is 7.13. The first kappa shape index (κ1) is 18.2. The van der Waals surface area contributed by atoms with Crippen molar-refractivity contribution in [2.75, 3.05) is 0 Å². The molecule has 0 unspecified atom stereocenters. The summed E-state index contributed by atoms with van der Waals surface area (Å²) in [5.74, 6) is -0.328. The van der Waals surface area contributed by atoms with Gasteiger partial charge in [-0.05, 0) is 85.0 Å². The summed E-state index contributed by atoms with van der Waals surface area (Å²) in [6.07, 6.45) is 1.63. The van der Waals surface area contributed by atoms with Gasteiger partial charge in [0.15, 0.2) is 0 Å². The van der Waals surface area contributed by atoms with Gasteiger partial charge in [0.05, 0.1) is 6.21 Å². The molecule has 26 heavy (non-hydrogen) atoms. The van der Waals surface area contributed by atoms with Crippen molar-refractivity contribution in [3.05, 3.63) is 80.7 Å². The number of hydrogen-bond donors (Lipinski definition) is 2. The molecule has 2 aromatic carbocycles. The fraction of sp³-hybridized carbons (Fsp3) is 0.100. The highest BCUT2D eigenvalue weighted by Crippen LogP contribution is 2.20. The van der Waals surface area contributed by atoms with Crippen LogP contribution in [0.15, 0.2) is 59.7 Å². The number of phenolic OH excluding ortho intramolecular Hbond substituents is 1. The number of benzene rings is 2. The van der Waals surface area contributed by atoms with E-state index in [1.165, 1.54) is 15.7 Å². The number of carbonyl (C=O) groups excluding carboxylic acids is 1. The molecule has 0 radical (unpaired) electrons. The third kappa shape index (κ3) is 3.96. The normalized spacial score (nSPS) is 11.0. The molecule has 1 aromatic heterocycles. The van der Waals surface area contributed by atoms with Crippen LogP contribution in [0.4, 0.5) is 0 Å². The average Bonchev–Trinajstić information content (AvgIpc) is 2.89. The molecule has 3 rings (SSSR count). The second-order valence-electron chi connectivity index (χ2n) is 5.89. The molecule has 5 nitrogen and oxygen atoms in total. The van der Waals surface area contributed by atoms with Crippen LogP contribution in [0, 0.1) is 17.4 Å². The van der Waals surface area contributed by atoms with E-state index in [1.807, 2.05) is 19.9 Å². The zero-order valence-electron chi connectivity index (χ0n) is 14.4. The maximum atomic E-state index is 12.1. The van der Waals surface area contributed by atoms with Crippen molar-refractivity contribution in [2.24, 2.45) is 5.10 Å². The standard InChI is InChI=1S/C20H18IN3O2/c1-13-10-16(14(2)24(13)18-8-6-17(21)7-9-18)12-22-23-20(26)15-4-3-5-19(25)11-15/h3-12,25H,1-2H3,(H,23,26)/b22-12+. The van der Waals surface area contributed by atoms with Gasteiger partial charge >= 0.3 is 0 Å². The van der Waals surface area contributed by atoms with Crippen LogP contribution in [0.25, 0.3) is 5.69 Å². The molecule has 0 aliphatic heterocycles. The van der Waals surface area contributed by atoms with E-state index >= 15 is 0 Å². The van der Waals surface area contributed by atoms with Crippen LogP contribution >= 0.6 is 22.6 Å². The van der Waals surface area contributed by atoms with Crippen molar-refractivity contribution in [3.8, 4) is 11.4 Å². The number of hydrazone groups is 1. The highest BCUT2D eigenvalue weighted by molar-refractivity contribution is 14.1. The van der Waals surface area contributed by atoms with Crippen molar-refractivity contribution < 1.29 is 9.90 Å². The molecule has 0 spiro atoms. The van der Waals surface area contributed by atoms with Crippen molar-refractivity contribution in [3.63, 3.8) is 0 Å². The maximum Gasteiger partial charge on any atom is 0.271 e. The predicted octanol–water partition coefficient (Wildman–Crippen LogP) is 4.17. The Balaban J connectivity index is 1.78. The molecule has 0 bridgehead atoms. The maximum absolute atomic E-state index is 12.1.